The van der Waals surface area contributed by atoms with Crippen LogP contribution in [0.25, 0.3) is 11.0 Å². The Hall–Kier alpha value is -3.22. The van der Waals surface area contributed by atoms with Crippen LogP contribution < -0.4 is 15.8 Å². The van der Waals surface area contributed by atoms with Crippen LogP contribution in [0.1, 0.15) is 0 Å². The van der Waals surface area contributed by atoms with Gasteiger partial charge in [-0.2, -0.15) is 0 Å². The molecule has 1 aromatic heterocycles. The molecule has 2 aromatic carbocycles. The fourth-order valence-electron chi connectivity index (χ4n) is 1.93. The van der Waals surface area contributed by atoms with Crippen molar-refractivity contribution < 1.29 is 14.3 Å². The minimum absolute atomic E-state index is 0.312. The van der Waals surface area contributed by atoms with Gasteiger partial charge in [0.2, 0.25) is 5.95 Å². The van der Waals surface area contributed by atoms with Crippen molar-refractivity contribution in [3.63, 3.8) is 0 Å². The molecule has 22 heavy (non-hydrogen) atoms. The van der Waals surface area contributed by atoms with Crippen molar-refractivity contribution in [1.82, 2.24) is 9.97 Å². The number of fused-ring (bicyclic) bond motifs is 1. The van der Waals surface area contributed by atoms with E-state index in [-0.39, 0.29) is 0 Å². The number of benzene rings is 2. The molecule has 0 saturated carbocycles. The summed E-state index contributed by atoms with van der Waals surface area (Å²) in [6.45, 7) is 0. The quantitative estimate of drug-likeness (QED) is 0.645. The van der Waals surface area contributed by atoms with Crippen molar-refractivity contribution in [3.05, 3.63) is 42.5 Å². The van der Waals surface area contributed by atoms with Crippen LogP contribution in [0.4, 0.5) is 16.4 Å². The molecule has 0 radical (unpaired) electrons. The predicted molar refractivity (Wildman–Crippen MR) is 83.0 cm³/mol. The van der Waals surface area contributed by atoms with E-state index in [1.165, 1.54) is 7.11 Å². The lowest BCUT2D eigenvalue weighted by atomic mass is 10.3. The highest BCUT2D eigenvalue weighted by atomic mass is 16.5. The first-order valence-corrected chi connectivity index (χ1v) is 6.52. The summed E-state index contributed by atoms with van der Waals surface area (Å²) in [5, 5.41) is 2.47. The molecule has 0 aliphatic carbocycles. The summed E-state index contributed by atoms with van der Waals surface area (Å²) in [5.74, 6) is 1.62. The zero-order chi connectivity index (χ0) is 15.5. The monoisotopic (exact) mass is 298 g/mol. The lowest BCUT2D eigenvalue weighted by Gasteiger charge is -2.05. The second-order valence-electron chi connectivity index (χ2n) is 4.55. The third kappa shape index (κ3) is 2.93. The van der Waals surface area contributed by atoms with Crippen LogP contribution in [-0.4, -0.2) is 23.2 Å². The fraction of sp³-hybridized carbons (Fsp3) is 0.0667. The zero-order valence-corrected chi connectivity index (χ0v) is 11.8. The number of methoxy groups -OCH3 is 1. The highest BCUT2D eigenvalue weighted by Crippen LogP contribution is 2.26. The van der Waals surface area contributed by atoms with E-state index in [1.54, 1.807) is 36.4 Å². The first-order chi connectivity index (χ1) is 10.6. The number of rotatable bonds is 3. The lowest BCUT2D eigenvalue weighted by Crippen LogP contribution is -2.11. The van der Waals surface area contributed by atoms with E-state index in [1.807, 2.05) is 6.07 Å². The molecular weight excluding hydrogens is 284 g/mol. The third-order valence-electron chi connectivity index (χ3n) is 2.98. The molecule has 0 aliphatic rings. The van der Waals surface area contributed by atoms with Gasteiger partial charge in [0.05, 0.1) is 18.1 Å². The number of hydrogen-bond acceptors (Lipinski definition) is 5. The number of nitrogens with one attached hydrogen (secondary N) is 2. The summed E-state index contributed by atoms with van der Waals surface area (Å²) in [6.07, 6.45) is -0.586. The average molecular weight is 298 g/mol. The van der Waals surface area contributed by atoms with Gasteiger partial charge in [-0.3, -0.25) is 5.32 Å². The van der Waals surface area contributed by atoms with E-state index in [2.05, 4.69) is 20.0 Å². The van der Waals surface area contributed by atoms with Gasteiger partial charge >= 0.3 is 6.09 Å². The molecule has 3 rings (SSSR count). The summed E-state index contributed by atoms with van der Waals surface area (Å²) < 4.78 is 10.2. The van der Waals surface area contributed by atoms with Gasteiger partial charge in [-0.25, -0.2) is 9.78 Å². The molecule has 0 unspecified atom stereocenters. The largest absolute Gasteiger partial charge is 0.457 e. The highest BCUT2D eigenvalue weighted by Gasteiger charge is 2.08. The van der Waals surface area contributed by atoms with Crippen molar-refractivity contribution in [2.45, 2.75) is 0 Å². The van der Waals surface area contributed by atoms with Gasteiger partial charge in [0.15, 0.2) is 0 Å². The number of carbonyl (C=O) groups is 1. The Kier molecular flexibility index (Phi) is 3.53. The number of ether oxygens (including phenoxy) is 2. The molecule has 0 fully saturated rings. The van der Waals surface area contributed by atoms with Gasteiger partial charge in [0.1, 0.15) is 11.5 Å². The molecule has 7 heteroatoms. The Balaban J connectivity index is 1.83. The molecule has 0 aliphatic heterocycles. The van der Waals surface area contributed by atoms with Gasteiger partial charge in [-0.15, -0.1) is 0 Å². The third-order valence-corrected chi connectivity index (χ3v) is 2.98. The highest BCUT2D eigenvalue weighted by molar-refractivity contribution is 5.86. The summed E-state index contributed by atoms with van der Waals surface area (Å²) >= 11 is 0. The van der Waals surface area contributed by atoms with Crippen LogP contribution in [0.2, 0.25) is 0 Å². The molecule has 0 saturated heterocycles. The summed E-state index contributed by atoms with van der Waals surface area (Å²) in [5.41, 5.74) is 7.75. The van der Waals surface area contributed by atoms with E-state index in [0.29, 0.717) is 28.7 Å². The van der Waals surface area contributed by atoms with E-state index in [4.69, 9.17) is 10.5 Å². The molecule has 0 spiro atoms. The van der Waals surface area contributed by atoms with Gasteiger partial charge in [-0.1, -0.05) is 0 Å². The molecule has 1 heterocycles. The van der Waals surface area contributed by atoms with Crippen molar-refractivity contribution in [2.75, 3.05) is 18.2 Å². The first kappa shape index (κ1) is 13.7. The number of aromatic amines is 1. The number of nitrogen functional groups attached to an aromatic ring is 1. The SMILES string of the molecule is COC(=O)Nc1nc2cc(Oc3ccc(N)cc3)ccc2[nH]1. The summed E-state index contributed by atoms with van der Waals surface area (Å²) in [6, 6.07) is 12.5. The molecule has 4 N–H and O–H groups in total. The maximum Gasteiger partial charge on any atom is 0.413 e. The number of anilines is 2. The van der Waals surface area contributed by atoms with E-state index >= 15 is 0 Å². The predicted octanol–water partition coefficient (Wildman–Crippen LogP) is 3.12. The van der Waals surface area contributed by atoms with Crippen LogP contribution >= 0.6 is 0 Å². The number of carbonyl (C=O) groups excluding carboxylic acids is 1. The second-order valence-corrected chi connectivity index (χ2v) is 4.55. The Bertz CT molecular complexity index is 811. The lowest BCUT2D eigenvalue weighted by molar-refractivity contribution is 0.186. The molecule has 0 atom stereocenters. The topological polar surface area (TPSA) is 102 Å². The zero-order valence-electron chi connectivity index (χ0n) is 11.8. The van der Waals surface area contributed by atoms with Gasteiger partial charge in [0, 0.05) is 11.8 Å². The van der Waals surface area contributed by atoms with Crippen LogP contribution in [0.5, 0.6) is 11.5 Å². The van der Waals surface area contributed by atoms with Crippen LogP contribution in [-0.2, 0) is 4.74 Å². The van der Waals surface area contributed by atoms with Crippen molar-refractivity contribution in [3.8, 4) is 11.5 Å². The maximum absolute atomic E-state index is 11.2. The molecular formula is C15H14N4O3. The van der Waals surface area contributed by atoms with E-state index < -0.39 is 6.09 Å². The number of nitrogens with zero attached hydrogens (tertiary/aromatic N) is 1. The fourth-order valence-corrected chi connectivity index (χ4v) is 1.93. The number of aromatic nitrogens is 2. The Morgan fingerprint density at radius 2 is 1.91 bits per heavy atom. The maximum atomic E-state index is 11.2. The van der Waals surface area contributed by atoms with Gasteiger partial charge in [0.25, 0.3) is 0 Å². The number of H-pyrrole nitrogens is 1. The second kappa shape index (κ2) is 5.65. The van der Waals surface area contributed by atoms with Gasteiger partial charge < -0.3 is 20.2 Å². The minimum atomic E-state index is -0.586. The first-order valence-electron chi connectivity index (χ1n) is 6.52. The average Bonchev–Trinajstić information content (AvgIpc) is 2.91. The smallest absolute Gasteiger partial charge is 0.413 e. The van der Waals surface area contributed by atoms with E-state index in [0.717, 1.165) is 5.52 Å². The van der Waals surface area contributed by atoms with Gasteiger partial charge in [-0.05, 0) is 36.4 Å². The molecule has 112 valence electrons. The Morgan fingerprint density at radius 3 is 2.64 bits per heavy atom. The minimum Gasteiger partial charge on any atom is -0.457 e. The standard InChI is InChI=1S/C15H14N4O3/c1-21-15(20)19-14-17-12-7-6-11(8-13(12)18-14)22-10-4-2-9(16)3-5-10/h2-8H,16H2,1H3,(H2,17,18,19,20). The molecule has 3 aromatic rings. The molecule has 1 amide bonds. The van der Waals surface area contributed by atoms with Crippen molar-refractivity contribution in [1.29, 1.82) is 0 Å². The Labute approximate surface area is 126 Å². The van der Waals surface area contributed by atoms with Crippen LogP contribution in [0.3, 0.4) is 0 Å². The number of nitrogens with two attached hydrogens (primary N) is 1. The normalized spacial score (nSPS) is 10.4. The van der Waals surface area contributed by atoms with Crippen LogP contribution in [0.15, 0.2) is 42.5 Å². The summed E-state index contributed by atoms with van der Waals surface area (Å²) in [4.78, 5) is 18.4. The van der Waals surface area contributed by atoms with Crippen molar-refractivity contribution in [2.24, 2.45) is 0 Å². The number of amides is 1. The molecule has 7 nitrogen and oxygen atoms in total. The van der Waals surface area contributed by atoms with Crippen LogP contribution in [0, 0.1) is 0 Å². The molecule has 0 bridgehead atoms. The van der Waals surface area contributed by atoms with E-state index in [9.17, 15) is 4.79 Å². The number of hydrogen-bond donors (Lipinski definition) is 3. The number of imidazole rings is 1. The Morgan fingerprint density at radius 1 is 1.18 bits per heavy atom. The summed E-state index contributed by atoms with van der Waals surface area (Å²) in [7, 11) is 1.29. The van der Waals surface area contributed by atoms with Crippen molar-refractivity contribution >= 4 is 28.8 Å².